The van der Waals surface area contributed by atoms with Gasteiger partial charge in [0, 0.05) is 6.04 Å². The molecule has 0 bridgehead atoms. The second-order valence-electron chi connectivity index (χ2n) is 3.88. The van der Waals surface area contributed by atoms with Crippen LogP contribution in [0.3, 0.4) is 0 Å². The first kappa shape index (κ1) is 10.3. The zero-order valence-electron chi connectivity index (χ0n) is 9.46. The van der Waals surface area contributed by atoms with Crippen molar-refractivity contribution in [2.75, 3.05) is 20.8 Å². The van der Waals surface area contributed by atoms with Crippen LogP contribution in [0.5, 0.6) is 11.5 Å². The highest BCUT2D eigenvalue weighted by molar-refractivity contribution is 5.50. The fourth-order valence-corrected chi connectivity index (χ4v) is 1.95. The van der Waals surface area contributed by atoms with Crippen LogP contribution in [-0.2, 0) is 0 Å². The van der Waals surface area contributed by atoms with Crippen LogP contribution in [0.1, 0.15) is 23.6 Å². The highest BCUT2D eigenvalue weighted by atomic mass is 16.5. The third-order valence-corrected chi connectivity index (χ3v) is 2.86. The Balaban J connectivity index is 2.46. The van der Waals surface area contributed by atoms with Crippen LogP contribution in [-0.4, -0.2) is 20.8 Å². The first-order chi connectivity index (χ1) is 7.26. The lowest BCUT2D eigenvalue weighted by Gasteiger charge is -2.30. The van der Waals surface area contributed by atoms with Gasteiger partial charge in [0.15, 0.2) is 0 Å². The van der Waals surface area contributed by atoms with E-state index in [1.165, 1.54) is 0 Å². The van der Waals surface area contributed by atoms with E-state index in [0.29, 0.717) is 6.04 Å². The van der Waals surface area contributed by atoms with Crippen LogP contribution < -0.4 is 14.8 Å². The number of ether oxygens (including phenoxy) is 2. The Hall–Kier alpha value is -1.22. The molecule has 3 nitrogen and oxygen atoms in total. The van der Waals surface area contributed by atoms with Crippen LogP contribution in [0.15, 0.2) is 12.1 Å². The highest BCUT2D eigenvalue weighted by Crippen LogP contribution is 2.39. The van der Waals surface area contributed by atoms with Gasteiger partial charge in [0.05, 0.1) is 19.8 Å². The monoisotopic (exact) mass is 207 g/mol. The number of hydrogen-bond acceptors (Lipinski definition) is 3. The standard InChI is InChI=1S/C12H17NO2/c1-8-6-10(14-2)12(9-4-5-13-9)11(7-8)15-3/h6-7,9,13H,4-5H2,1-3H3/t9-/m0/s1. The molecule has 1 heterocycles. The van der Waals surface area contributed by atoms with Crippen LogP contribution in [0.4, 0.5) is 0 Å². The zero-order chi connectivity index (χ0) is 10.8. The zero-order valence-corrected chi connectivity index (χ0v) is 9.46. The van der Waals surface area contributed by atoms with E-state index in [4.69, 9.17) is 9.47 Å². The molecular weight excluding hydrogens is 190 g/mol. The van der Waals surface area contributed by atoms with Gasteiger partial charge in [-0.15, -0.1) is 0 Å². The second-order valence-corrected chi connectivity index (χ2v) is 3.88. The summed E-state index contributed by atoms with van der Waals surface area (Å²) < 4.78 is 10.8. The van der Waals surface area contributed by atoms with Crippen molar-refractivity contribution in [3.8, 4) is 11.5 Å². The molecule has 1 N–H and O–H groups in total. The predicted octanol–water partition coefficient (Wildman–Crippen LogP) is 2.05. The van der Waals surface area contributed by atoms with E-state index in [9.17, 15) is 0 Å². The largest absolute Gasteiger partial charge is 0.496 e. The third kappa shape index (κ3) is 1.79. The van der Waals surface area contributed by atoms with Gasteiger partial charge in [0.25, 0.3) is 0 Å². The molecule has 1 fully saturated rings. The Morgan fingerprint density at radius 3 is 2.07 bits per heavy atom. The molecule has 2 rings (SSSR count). The summed E-state index contributed by atoms with van der Waals surface area (Å²) in [4.78, 5) is 0. The molecule has 0 spiro atoms. The van der Waals surface area contributed by atoms with Crippen molar-refractivity contribution >= 4 is 0 Å². The summed E-state index contributed by atoms with van der Waals surface area (Å²) >= 11 is 0. The quantitative estimate of drug-likeness (QED) is 0.822. The molecule has 0 unspecified atom stereocenters. The van der Waals surface area contributed by atoms with E-state index in [1.54, 1.807) is 14.2 Å². The number of aryl methyl sites for hydroxylation is 1. The average molecular weight is 207 g/mol. The summed E-state index contributed by atoms with van der Waals surface area (Å²) in [5.74, 6) is 1.84. The summed E-state index contributed by atoms with van der Waals surface area (Å²) in [6.45, 7) is 3.12. The van der Waals surface area contributed by atoms with Crippen molar-refractivity contribution in [3.05, 3.63) is 23.3 Å². The number of benzene rings is 1. The summed E-state index contributed by atoms with van der Waals surface area (Å²) in [6, 6.07) is 4.49. The highest BCUT2D eigenvalue weighted by Gasteiger charge is 2.25. The molecule has 0 aliphatic carbocycles. The lowest BCUT2D eigenvalue weighted by Crippen LogP contribution is -2.35. The minimum Gasteiger partial charge on any atom is -0.496 e. The molecule has 1 aliphatic rings. The first-order valence-corrected chi connectivity index (χ1v) is 5.22. The van der Waals surface area contributed by atoms with Gasteiger partial charge < -0.3 is 14.8 Å². The molecule has 1 aliphatic heterocycles. The predicted molar refractivity (Wildman–Crippen MR) is 59.6 cm³/mol. The summed E-state index contributed by atoms with van der Waals surface area (Å²) in [7, 11) is 3.41. The molecular formula is C12H17NO2. The van der Waals surface area contributed by atoms with Crippen molar-refractivity contribution in [1.29, 1.82) is 0 Å². The molecule has 3 heteroatoms. The molecule has 82 valence electrons. The Kier molecular flexibility index (Phi) is 2.82. The molecule has 1 aromatic carbocycles. The van der Waals surface area contributed by atoms with Crippen molar-refractivity contribution in [1.82, 2.24) is 5.32 Å². The Labute approximate surface area is 90.4 Å². The number of nitrogens with one attached hydrogen (secondary N) is 1. The maximum Gasteiger partial charge on any atom is 0.127 e. The molecule has 0 saturated carbocycles. The lowest BCUT2D eigenvalue weighted by atomic mass is 9.95. The minimum atomic E-state index is 0.385. The van der Waals surface area contributed by atoms with Crippen molar-refractivity contribution < 1.29 is 9.47 Å². The number of rotatable bonds is 3. The fraction of sp³-hybridized carbons (Fsp3) is 0.500. The average Bonchev–Trinajstić information content (AvgIpc) is 2.17. The Morgan fingerprint density at radius 2 is 1.73 bits per heavy atom. The molecule has 1 saturated heterocycles. The maximum atomic E-state index is 5.41. The molecule has 0 aromatic heterocycles. The maximum absolute atomic E-state index is 5.41. The SMILES string of the molecule is COc1cc(C)cc(OC)c1[C@@H]1CCN1. The summed E-state index contributed by atoms with van der Waals surface area (Å²) in [5, 5.41) is 3.37. The minimum absolute atomic E-state index is 0.385. The van der Waals surface area contributed by atoms with Gasteiger partial charge in [-0.3, -0.25) is 0 Å². The summed E-state index contributed by atoms with van der Waals surface area (Å²) in [6.07, 6.45) is 1.15. The van der Waals surface area contributed by atoms with Crippen molar-refractivity contribution in [3.63, 3.8) is 0 Å². The number of methoxy groups -OCH3 is 2. The molecule has 1 aromatic rings. The van der Waals surface area contributed by atoms with E-state index in [0.717, 1.165) is 35.6 Å². The molecule has 15 heavy (non-hydrogen) atoms. The Bertz CT molecular complexity index is 334. The molecule has 0 radical (unpaired) electrons. The number of hydrogen-bond donors (Lipinski definition) is 1. The normalized spacial score (nSPS) is 19.5. The summed E-state index contributed by atoms with van der Waals surface area (Å²) in [5.41, 5.74) is 2.31. The van der Waals surface area contributed by atoms with Gasteiger partial charge in [-0.1, -0.05) is 0 Å². The van der Waals surface area contributed by atoms with Gasteiger partial charge in [0.2, 0.25) is 0 Å². The van der Waals surface area contributed by atoms with Gasteiger partial charge in [-0.05, 0) is 37.6 Å². The topological polar surface area (TPSA) is 30.5 Å². The van der Waals surface area contributed by atoms with E-state index < -0.39 is 0 Å². The lowest BCUT2D eigenvalue weighted by molar-refractivity contribution is 0.330. The van der Waals surface area contributed by atoms with Crippen LogP contribution in [0.25, 0.3) is 0 Å². The van der Waals surface area contributed by atoms with Crippen molar-refractivity contribution in [2.45, 2.75) is 19.4 Å². The van der Waals surface area contributed by atoms with E-state index in [1.807, 2.05) is 6.92 Å². The van der Waals surface area contributed by atoms with E-state index in [-0.39, 0.29) is 0 Å². The van der Waals surface area contributed by atoms with Crippen molar-refractivity contribution in [2.24, 2.45) is 0 Å². The van der Waals surface area contributed by atoms with Crippen LogP contribution in [0.2, 0.25) is 0 Å². The van der Waals surface area contributed by atoms with Crippen LogP contribution in [0, 0.1) is 6.92 Å². The van der Waals surface area contributed by atoms with Crippen LogP contribution >= 0.6 is 0 Å². The molecule has 0 amide bonds. The van der Waals surface area contributed by atoms with E-state index in [2.05, 4.69) is 17.4 Å². The van der Waals surface area contributed by atoms with Gasteiger partial charge in [0.1, 0.15) is 11.5 Å². The molecule has 1 atom stereocenters. The fourth-order valence-electron chi connectivity index (χ4n) is 1.95. The smallest absolute Gasteiger partial charge is 0.127 e. The van der Waals surface area contributed by atoms with Gasteiger partial charge >= 0.3 is 0 Å². The van der Waals surface area contributed by atoms with Gasteiger partial charge in [-0.25, -0.2) is 0 Å². The second kappa shape index (κ2) is 4.11. The Morgan fingerprint density at radius 1 is 1.20 bits per heavy atom. The third-order valence-electron chi connectivity index (χ3n) is 2.86. The van der Waals surface area contributed by atoms with Gasteiger partial charge in [-0.2, -0.15) is 0 Å². The van der Waals surface area contributed by atoms with E-state index >= 15 is 0 Å². The first-order valence-electron chi connectivity index (χ1n) is 5.22.